The number of thioether (sulfide) groups is 1. The molecule has 1 aliphatic carbocycles. The highest BCUT2D eigenvalue weighted by Crippen LogP contribution is 2.48. The Morgan fingerprint density at radius 1 is 1.06 bits per heavy atom. The van der Waals surface area contributed by atoms with Crippen LogP contribution in [0.5, 0.6) is 0 Å². The summed E-state index contributed by atoms with van der Waals surface area (Å²) >= 11 is 13.9. The molecule has 0 fully saturated rings. The van der Waals surface area contributed by atoms with Crippen LogP contribution in [0.4, 0.5) is 5.82 Å². The maximum Gasteiger partial charge on any atom is 0.257 e. The molecule has 5 nitrogen and oxygen atoms in total. The van der Waals surface area contributed by atoms with Crippen molar-refractivity contribution in [3.8, 4) is 0 Å². The topological polar surface area (TPSA) is 74.8 Å². The number of rotatable bonds is 4. The number of benzene rings is 2. The van der Waals surface area contributed by atoms with Gasteiger partial charge in [-0.2, -0.15) is 0 Å². The lowest BCUT2D eigenvalue weighted by molar-refractivity contribution is -0.118. The minimum atomic E-state index is -0.561. The summed E-state index contributed by atoms with van der Waals surface area (Å²) in [4.78, 5) is 34.4. The SMILES string of the molecule is CC1(C)CC(=O)C2=C(C1)Nc1nc(SCc3ccccc3)[nH]c(=O)c1[C@H]2c1ccc(Cl)c(Cl)c1. The van der Waals surface area contributed by atoms with E-state index in [0.717, 1.165) is 16.8 Å². The molecule has 2 aromatic carbocycles. The van der Waals surface area contributed by atoms with Gasteiger partial charge in [-0.15, -0.1) is 0 Å². The molecule has 0 amide bonds. The number of anilines is 1. The number of nitrogens with zero attached hydrogens (tertiary/aromatic N) is 1. The first-order valence-corrected chi connectivity index (χ1v) is 12.8. The number of aromatic amines is 1. The Labute approximate surface area is 212 Å². The molecule has 1 aromatic heterocycles. The van der Waals surface area contributed by atoms with Crippen molar-refractivity contribution in [2.75, 3.05) is 5.32 Å². The predicted octanol–water partition coefficient (Wildman–Crippen LogP) is 6.57. The fraction of sp³-hybridized carbons (Fsp3) is 0.269. The average Bonchev–Trinajstić information content (AvgIpc) is 2.78. The van der Waals surface area contributed by atoms with Gasteiger partial charge in [0.1, 0.15) is 5.82 Å². The van der Waals surface area contributed by atoms with Crippen molar-refractivity contribution in [3.63, 3.8) is 0 Å². The lowest BCUT2D eigenvalue weighted by atomic mass is 9.69. The van der Waals surface area contributed by atoms with E-state index in [4.69, 9.17) is 28.2 Å². The van der Waals surface area contributed by atoms with E-state index in [2.05, 4.69) is 24.1 Å². The zero-order chi connectivity index (χ0) is 24.0. The second-order valence-electron chi connectivity index (χ2n) is 9.47. The Kier molecular flexibility index (Phi) is 6.09. The number of carbonyl (C=O) groups excluding carboxylic acids is 1. The highest BCUT2D eigenvalue weighted by Gasteiger charge is 2.42. The molecule has 1 atom stereocenters. The zero-order valence-corrected chi connectivity index (χ0v) is 21.1. The number of nitrogens with one attached hydrogen (secondary N) is 2. The molecule has 0 unspecified atom stereocenters. The quantitative estimate of drug-likeness (QED) is 0.306. The average molecular weight is 512 g/mol. The van der Waals surface area contributed by atoms with Crippen molar-refractivity contribution < 1.29 is 4.79 Å². The summed E-state index contributed by atoms with van der Waals surface area (Å²) < 4.78 is 0. The maximum absolute atomic E-state index is 13.4. The highest BCUT2D eigenvalue weighted by atomic mass is 35.5. The summed E-state index contributed by atoms with van der Waals surface area (Å²) in [6, 6.07) is 15.3. The number of hydrogen-bond donors (Lipinski definition) is 2. The first-order valence-electron chi connectivity index (χ1n) is 11.0. The first kappa shape index (κ1) is 23.2. The lowest BCUT2D eigenvalue weighted by Gasteiger charge is -2.38. The predicted molar refractivity (Wildman–Crippen MR) is 138 cm³/mol. The van der Waals surface area contributed by atoms with E-state index in [0.29, 0.717) is 50.8 Å². The molecule has 8 heteroatoms. The van der Waals surface area contributed by atoms with Crippen LogP contribution in [-0.2, 0) is 10.5 Å². The van der Waals surface area contributed by atoms with Crippen LogP contribution >= 0.6 is 35.0 Å². The number of fused-ring (bicyclic) bond motifs is 1. The monoisotopic (exact) mass is 511 g/mol. The van der Waals surface area contributed by atoms with Gasteiger partial charge in [0.2, 0.25) is 0 Å². The largest absolute Gasteiger partial charge is 0.343 e. The third-order valence-corrected chi connectivity index (χ3v) is 7.88. The molecule has 0 saturated heterocycles. The normalized spacial score (nSPS) is 18.8. The molecule has 2 heterocycles. The highest BCUT2D eigenvalue weighted by molar-refractivity contribution is 7.98. The van der Waals surface area contributed by atoms with Gasteiger partial charge in [-0.3, -0.25) is 9.59 Å². The molecular formula is C26H23Cl2N3O2S. The van der Waals surface area contributed by atoms with E-state index < -0.39 is 5.92 Å². The lowest BCUT2D eigenvalue weighted by Crippen LogP contribution is -2.37. The molecule has 0 saturated carbocycles. The van der Waals surface area contributed by atoms with Crippen molar-refractivity contribution in [1.82, 2.24) is 9.97 Å². The third-order valence-electron chi connectivity index (χ3n) is 6.20. The number of carbonyl (C=O) groups is 1. The maximum atomic E-state index is 13.4. The number of halogens is 2. The van der Waals surface area contributed by atoms with Crippen molar-refractivity contribution in [2.24, 2.45) is 5.41 Å². The Hall–Kier alpha value is -2.54. The summed E-state index contributed by atoms with van der Waals surface area (Å²) in [5.74, 6) is 0.634. The van der Waals surface area contributed by atoms with Gasteiger partial charge in [-0.1, -0.05) is 85.2 Å². The summed E-state index contributed by atoms with van der Waals surface area (Å²) in [6.07, 6.45) is 1.10. The number of aromatic nitrogens is 2. The fourth-order valence-electron chi connectivity index (χ4n) is 4.71. The zero-order valence-electron chi connectivity index (χ0n) is 18.7. The number of H-pyrrole nitrogens is 1. The van der Waals surface area contributed by atoms with Crippen LogP contribution in [0.1, 0.15) is 49.3 Å². The minimum Gasteiger partial charge on any atom is -0.343 e. The standard InChI is InChI=1S/C26H23Cl2N3O2S/c1-26(2)11-18-21(19(32)12-26)20(15-8-9-16(27)17(28)10-15)22-23(29-18)30-25(31-24(22)33)34-13-14-6-4-3-5-7-14/h3-10,20H,11-13H2,1-2H3,(H2,29,30,31,33)/t20-/m0/s1. The Morgan fingerprint density at radius 3 is 2.56 bits per heavy atom. The van der Waals surface area contributed by atoms with Crippen molar-refractivity contribution in [3.05, 3.63) is 96.9 Å². The minimum absolute atomic E-state index is 0.0300. The Morgan fingerprint density at radius 2 is 1.82 bits per heavy atom. The van der Waals surface area contributed by atoms with Crippen LogP contribution < -0.4 is 10.9 Å². The molecular weight excluding hydrogens is 489 g/mol. The van der Waals surface area contributed by atoms with E-state index in [-0.39, 0.29) is 16.8 Å². The fourth-order valence-corrected chi connectivity index (χ4v) is 5.84. The van der Waals surface area contributed by atoms with Crippen LogP contribution in [0.2, 0.25) is 10.0 Å². The second-order valence-corrected chi connectivity index (χ2v) is 11.3. The molecule has 3 aromatic rings. The number of Topliss-reactive ketones (excluding diaryl/α,β-unsaturated/α-hetero) is 1. The summed E-state index contributed by atoms with van der Waals surface area (Å²) in [5.41, 5.74) is 3.29. The molecule has 2 N–H and O–H groups in total. The third kappa shape index (κ3) is 4.42. The van der Waals surface area contributed by atoms with Gasteiger partial charge in [0.25, 0.3) is 5.56 Å². The molecule has 174 valence electrons. The second kappa shape index (κ2) is 8.91. The van der Waals surface area contributed by atoms with E-state index in [1.807, 2.05) is 36.4 Å². The molecule has 5 rings (SSSR count). The summed E-state index contributed by atoms with van der Waals surface area (Å²) in [5, 5.41) is 4.67. The van der Waals surface area contributed by atoms with Gasteiger partial charge in [0.05, 0.1) is 15.6 Å². The first-order chi connectivity index (χ1) is 16.2. The summed E-state index contributed by atoms with van der Waals surface area (Å²) in [6.45, 7) is 4.15. The summed E-state index contributed by atoms with van der Waals surface area (Å²) in [7, 11) is 0. The van der Waals surface area contributed by atoms with E-state index in [1.165, 1.54) is 11.8 Å². The van der Waals surface area contributed by atoms with E-state index >= 15 is 0 Å². The van der Waals surface area contributed by atoms with Crippen LogP contribution in [0.25, 0.3) is 0 Å². The van der Waals surface area contributed by atoms with Crippen molar-refractivity contribution in [2.45, 2.75) is 43.5 Å². The number of allylic oxidation sites excluding steroid dienone is 2. The van der Waals surface area contributed by atoms with Crippen molar-refractivity contribution >= 4 is 46.6 Å². The van der Waals surface area contributed by atoms with Gasteiger partial charge < -0.3 is 10.3 Å². The molecule has 1 aliphatic heterocycles. The van der Waals surface area contributed by atoms with Crippen molar-refractivity contribution in [1.29, 1.82) is 0 Å². The van der Waals surface area contributed by atoms with Crippen LogP contribution in [-0.4, -0.2) is 15.8 Å². The van der Waals surface area contributed by atoms with E-state index in [1.54, 1.807) is 12.1 Å². The van der Waals surface area contributed by atoms with Crippen LogP contribution in [0.3, 0.4) is 0 Å². The Bertz CT molecular complexity index is 1380. The number of hydrogen-bond acceptors (Lipinski definition) is 5. The molecule has 2 aliphatic rings. The van der Waals surface area contributed by atoms with Gasteiger partial charge in [-0.25, -0.2) is 4.98 Å². The van der Waals surface area contributed by atoms with Crippen LogP contribution in [0, 0.1) is 5.41 Å². The van der Waals surface area contributed by atoms with Gasteiger partial charge in [0, 0.05) is 29.4 Å². The number of ketones is 1. The molecule has 34 heavy (non-hydrogen) atoms. The molecule has 0 spiro atoms. The molecule has 0 radical (unpaired) electrons. The van der Waals surface area contributed by atoms with Gasteiger partial charge >= 0.3 is 0 Å². The Balaban J connectivity index is 1.61. The van der Waals surface area contributed by atoms with E-state index in [9.17, 15) is 9.59 Å². The van der Waals surface area contributed by atoms with Crippen LogP contribution in [0.15, 0.2) is 69.8 Å². The smallest absolute Gasteiger partial charge is 0.257 e. The molecule has 0 bridgehead atoms. The van der Waals surface area contributed by atoms with Gasteiger partial charge in [-0.05, 0) is 35.1 Å². The van der Waals surface area contributed by atoms with Gasteiger partial charge in [0.15, 0.2) is 10.9 Å².